The number of benzene rings is 1. The number of aliphatic hydroxyl groups excluding tert-OH is 2. The summed E-state index contributed by atoms with van der Waals surface area (Å²) in [5, 5.41) is 20.7. The molecular weight excluding hydrogens is 385 g/mol. The minimum atomic E-state index is -4.89. The monoisotopic (exact) mass is 401 g/mol. The molecule has 1 aliphatic heterocycles. The Labute approximate surface area is 153 Å². The Morgan fingerprint density at radius 3 is 2.37 bits per heavy atom. The fourth-order valence-electron chi connectivity index (χ4n) is 2.54. The van der Waals surface area contributed by atoms with Crippen LogP contribution in [-0.4, -0.2) is 58.2 Å². The van der Waals surface area contributed by atoms with Crippen molar-refractivity contribution in [1.29, 1.82) is 0 Å². The van der Waals surface area contributed by atoms with E-state index in [4.69, 9.17) is 14.2 Å². The fourth-order valence-corrected chi connectivity index (χ4v) is 3.29. The molecule has 11 heteroatoms. The van der Waals surface area contributed by atoms with Crippen LogP contribution in [-0.2, 0) is 14.9 Å². The highest BCUT2D eigenvalue weighted by molar-refractivity contribution is 7.86. The first kappa shape index (κ1) is 19.5. The van der Waals surface area contributed by atoms with Crippen molar-refractivity contribution < 1.29 is 41.8 Å². The standard InChI is InChI=1S/C16H16FNO8S/c17-9-6-11(8-18-7-9)24-14-12(19)15(25-10-4-2-1-3-5-10)26-16(13(14)20)27(21,22)23/h1-8,12-16,19-20H,(H,21,22,23)/t12-,13+,14-,15-,16?/m1/s1. The van der Waals surface area contributed by atoms with Crippen LogP contribution in [0.25, 0.3) is 0 Å². The Kier molecular flexibility index (Phi) is 5.58. The first-order chi connectivity index (χ1) is 12.8. The summed E-state index contributed by atoms with van der Waals surface area (Å²) in [6.45, 7) is 0. The van der Waals surface area contributed by atoms with Crippen molar-refractivity contribution in [3.63, 3.8) is 0 Å². The Hall–Kier alpha value is -2.31. The van der Waals surface area contributed by atoms with E-state index < -0.39 is 46.0 Å². The van der Waals surface area contributed by atoms with Crippen LogP contribution in [0.5, 0.6) is 11.5 Å². The van der Waals surface area contributed by atoms with Crippen LogP contribution in [0.3, 0.4) is 0 Å². The molecule has 0 amide bonds. The van der Waals surface area contributed by atoms with Gasteiger partial charge in [-0.1, -0.05) is 18.2 Å². The van der Waals surface area contributed by atoms with Gasteiger partial charge in [0.25, 0.3) is 10.1 Å². The van der Waals surface area contributed by atoms with Crippen LogP contribution in [0.2, 0.25) is 0 Å². The van der Waals surface area contributed by atoms with Crippen molar-refractivity contribution in [2.24, 2.45) is 0 Å². The molecule has 5 atom stereocenters. The fraction of sp³-hybridized carbons (Fsp3) is 0.312. The van der Waals surface area contributed by atoms with Gasteiger partial charge in [-0.3, -0.25) is 9.54 Å². The van der Waals surface area contributed by atoms with E-state index in [0.29, 0.717) is 0 Å². The summed E-state index contributed by atoms with van der Waals surface area (Å²) in [4.78, 5) is 3.56. The van der Waals surface area contributed by atoms with Gasteiger partial charge in [-0.2, -0.15) is 8.42 Å². The zero-order valence-electron chi connectivity index (χ0n) is 13.6. The topological polar surface area (TPSA) is 135 Å². The van der Waals surface area contributed by atoms with Crippen molar-refractivity contribution in [3.05, 3.63) is 54.6 Å². The average molecular weight is 401 g/mol. The summed E-state index contributed by atoms with van der Waals surface area (Å²) < 4.78 is 61.5. The number of nitrogens with zero attached hydrogens (tertiary/aromatic N) is 1. The molecule has 3 N–H and O–H groups in total. The molecule has 27 heavy (non-hydrogen) atoms. The average Bonchev–Trinajstić information content (AvgIpc) is 2.61. The minimum absolute atomic E-state index is 0.174. The maximum atomic E-state index is 13.3. The Morgan fingerprint density at radius 1 is 1.04 bits per heavy atom. The van der Waals surface area contributed by atoms with E-state index in [9.17, 15) is 27.6 Å². The molecule has 146 valence electrons. The number of halogens is 1. The van der Waals surface area contributed by atoms with Gasteiger partial charge in [-0.25, -0.2) is 4.39 Å². The van der Waals surface area contributed by atoms with Gasteiger partial charge < -0.3 is 24.4 Å². The second-order valence-corrected chi connectivity index (χ2v) is 7.22. The maximum Gasteiger partial charge on any atom is 0.295 e. The van der Waals surface area contributed by atoms with E-state index in [-0.39, 0.29) is 11.5 Å². The van der Waals surface area contributed by atoms with Crippen LogP contribution in [0, 0.1) is 5.82 Å². The quantitative estimate of drug-likeness (QED) is 0.606. The van der Waals surface area contributed by atoms with Crippen molar-refractivity contribution >= 4 is 10.1 Å². The molecular formula is C16H16FNO8S. The van der Waals surface area contributed by atoms with Gasteiger partial charge in [0.15, 0.2) is 12.2 Å². The first-order valence-corrected chi connectivity index (χ1v) is 9.23. The largest absolute Gasteiger partial charge is 0.483 e. The maximum absolute atomic E-state index is 13.3. The number of ether oxygens (including phenoxy) is 3. The molecule has 1 unspecified atom stereocenters. The van der Waals surface area contributed by atoms with Crippen molar-refractivity contribution in [2.45, 2.75) is 30.0 Å². The van der Waals surface area contributed by atoms with Gasteiger partial charge >= 0.3 is 0 Å². The second-order valence-electron chi connectivity index (χ2n) is 5.72. The Morgan fingerprint density at radius 2 is 1.74 bits per heavy atom. The van der Waals surface area contributed by atoms with E-state index in [1.54, 1.807) is 18.2 Å². The highest BCUT2D eigenvalue weighted by Crippen LogP contribution is 2.29. The van der Waals surface area contributed by atoms with E-state index >= 15 is 0 Å². The van der Waals surface area contributed by atoms with Gasteiger partial charge in [-0.15, -0.1) is 0 Å². The molecule has 2 aromatic rings. The molecule has 0 spiro atoms. The van der Waals surface area contributed by atoms with Crippen LogP contribution < -0.4 is 9.47 Å². The van der Waals surface area contributed by atoms with E-state index in [1.807, 2.05) is 0 Å². The molecule has 0 aliphatic carbocycles. The molecule has 0 radical (unpaired) electrons. The van der Waals surface area contributed by atoms with E-state index in [2.05, 4.69) is 4.98 Å². The number of rotatable bonds is 5. The minimum Gasteiger partial charge on any atom is -0.483 e. The van der Waals surface area contributed by atoms with Gasteiger partial charge in [0, 0.05) is 6.07 Å². The number of para-hydroxylation sites is 1. The molecule has 2 heterocycles. The zero-order valence-corrected chi connectivity index (χ0v) is 14.4. The predicted octanol–water partition coefficient (Wildman–Crippen LogP) is 0.339. The highest BCUT2D eigenvalue weighted by atomic mass is 32.2. The molecule has 0 bridgehead atoms. The molecule has 1 fully saturated rings. The normalized spacial score (nSPS) is 28.5. The number of hydrogen-bond acceptors (Lipinski definition) is 8. The smallest absolute Gasteiger partial charge is 0.295 e. The summed E-state index contributed by atoms with van der Waals surface area (Å²) in [5.74, 6) is -0.683. The number of pyridine rings is 1. The molecule has 0 saturated carbocycles. The van der Waals surface area contributed by atoms with Gasteiger partial charge in [0.05, 0.1) is 12.4 Å². The molecule has 9 nitrogen and oxygen atoms in total. The lowest BCUT2D eigenvalue weighted by molar-refractivity contribution is -0.248. The summed E-state index contributed by atoms with van der Waals surface area (Å²) >= 11 is 0. The predicted molar refractivity (Wildman–Crippen MR) is 87.9 cm³/mol. The van der Waals surface area contributed by atoms with E-state index in [1.165, 1.54) is 12.1 Å². The Bertz CT molecular complexity index is 881. The van der Waals surface area contributed by atoms with Gasteiger partial charge in [-0.05, 0) is 12.1 Å². The highest BCUT2D eigenvalue weighted by Gasteiger charge is 2.52. The molecule has 1 aromatic carbocycles. The number of aromatic nitrogens is 1. The first-order valence-electron chi connectivity index (χ1n) is 7.72. The lowest BCUT2D eigenvalue weighted by atomic mass is 10.0. The zero-order chi connectivity index (χ0) is 19.6. The van der Waals surface area contributed by atoms with Gasteiger partial charge in [0.2, 0.25) is 11.7 Å². The summed E-state index contributed by atoms with van der Waals surface area (Å²) in [5.41, 5.74) is -2.15. The van der Waals surface area contributed by atoms with Crippen molar-refractivity contribution in [2.75, 3.05) is 0 Å². The SMILES string of the molecule is O=S(=O)(O)C1O[C@@H](Oc2ccccc2)[C@H](O)[C@@H](Oc2cncc(F)c2)[C@@H]1O. The van der Waals surface area contributed by atoms with Crippen molar-refractivity contribution in [1.82, 2.24) is 4.98 Å². The molecule has 1 aromatic heterocycles. The lowest BCUT2D eigenvalue weighted by Crippen LogP contribution is -2.62. The van der Waals surface area contributed by atoms with Gasteiger partial charge in [0.1, 0.15) is 23.4 Å². The number of hydrogen-bond donors (Lipinski definition) is 3. The summed E-state index contributed by atoms with van der Waals surface area (Å²) in [7, 11) is -4.89. The lowest BCUT2D eigenvalue weighted by Gasteiger charge is -2.40. The summed E-state index contributed by atoms with van der Waals surface area (Å²) in [6.07, 6.45) is -4.88. The summed E-state index contributed by atoms with van der Waals surface area (Å²) in [6, 6.07) is 8.94. The van der Waals surface area contributed by atoms with Crippen LogP contribution in [0.4, 0.5) is 4.39 Å². The Balaban J connectivity index is 1.89. The second kappa shape index (κ2) is 7.74. The van der Waals surface area contributed by atoms with Crippen LogP contribution in [0.1, 0.15) is 0 Å². The third-order valence-electron chi connectivity index (χ3n) is 3.74. The number of aliphatic hydroxyl groups is 2. The van der Waals surface area contributed by atoms with Crippen LogP contribution >= 0.6 is 0 Å². The van der Waals surface area contributed by atoms with E-state index in [0.717, 1.165) is 18.5 Å². The molecule has 1 aliphatic rings. The third-order valence-corrected chi connectivity index (χ3v) is 4.72. The van der Waals surface area contributed by atoms with Crippen LogP contribution in [0.15, 0.2) is 48.8 Å². The third kappa shape index (κ3) is 4.51. The van der Waals surface area contributed by atoms with Crippen molar-refractivity contribution in [3.8, 4) is 11.5 Å². The molecule has 3 rings (SSSR count). The molecule has 1 saturated heterocycles.